The highest BCUT2D eigenvalue weighted by molar-refractivity contribution is 5.93. The maximum absolute atomic E-state index is 12.1. The van der Waals surface area contributed by atoms with Crippen LogP contribution in [-0.4, -0.2) is 20.4 Å². The number of rotatable bonds is 4. The number of nitrogens with two attached hydrogens (primary N) is 1. The maximum atomic E-state index is 12.1. The van der Waals surface area contributed by atoms with Crippen LogP contribution in [0.5, 0.6) is 0 Å². The molecule has 0 aliphatic heterocycles. The van der Waals surface area contributed by atoms with Crippen molar-refractivity contribution in [3.05, 3.63) is 42.2 Å². The first-order valence-electron chi connectivity index (χ1n) is 6.08. The lowest BCUT2D eigenvalue weighted by atomic mass is 10.3. The van der Waals surface area contributed by atoms with E-state index in [1.165, 1.54) is 6.33 Å². The largest absolute Gasteiger partial charge is 0.397 e. The first kappa shape index (κ1) is 13.1. The molecule has 0 saturated heterocycles. The van der Waals surface area contributed by atoms with Gasteiger partial charge in [0.05, 0.1) is 17.9 Å². The number of nitrogens with one attached hydrogen (secondary N) is 1. The standard InChI is InChI=1S/C13H17N5O/c1-9(2)18-7-10(14)5-12(18)13(19)16-6-11-3-4-15-8-17-11/h3-5,7-9H,6,14H2,1-2H3,(H,16,19). The molecule has 6 heteroatoms. The number of amides is 1. The van der Waals surface area contributed by atoms with Crippen LogP contribution < -0.4 is 11.1 Å². The smallest absolute Gasteiger partial charge is 0.268 e. The lowest BCUT2D eigenvalue weighted by Gasteiger charge is -2.12. The predicted octanol–water partition coefficient (Wildman–Crippen LogP) is 1.37. The number of nitrogen functional groups attached to an aromatic ring is 1. The first-order valence-corrected chi connectivity index (χ1v) is 6.08. The average Bonchev–Trinajstić information content (AvgIpc) is 2.79. The van der Waals surface area contributed by atoms with Crippen LogP contribution in [0.1, 0.15) is 36.1 Å². The number of carbonyl (C=O) groups is 1. The third kappa shape index (κ3) is 3.09. The Morgan fingerprint density at radius 2 is 2.32 bits per heavy atom. The van der Waals surface area contributed by atoms with E-state index in [1.807, 2.05) is 18.4 Å². The van der Waals surface area contributed by atoms with E-state index < -0.39 is 0 Å². The SMILES string of the molecule is CC(C)n1cc(N)cc1C(=O)NCc1ccncn1. The molecule has 0 unspecified atom stereocenters. The second kappa shape index (κ2) is 5.51. The van der Waals surface area contributed by atoms with E-state index >= 15 is 0 Å². The first-order chi connectivity index (χ1) is 9.08. The van der Waals surface area contributed by atoms with Crippen LogP contribution in [0, 0.1) is 0 Å². The third-order valence-corrected chi connectivity index (χ3v) is 2.73. The molecular formula is C13H17N5O. The molecule has 0 aromatic carbocycles. The van der Waals surface area contributed by atoms with Gasteiger partial charge >= 0.3 is 0 Å². The zero-order chi connectivity index (χ0) is 13.8. The van der Waals surface area contributed by atoms with Crippen molar-refractivity contribution in [1.29, 1.82) is 0 Å². The van der Waals surface area contributed by atoms with Crippen molar-refractivity contribution >= 4 is 11.6 Å². The second-order valence-electron chi connectivity index (χ2n) is 4.54. The highest BCUT2D eigenvalue weighted by Crippen LogP contribution is 2.16. The molecule has 2 rings (SSSR count). The van der Waals surface area contributed by atoms with Crippen LogP contribution in [0.2, 0.25) is 0 Å². The number of hydrogen-bond donors (Lipinski definition) is 2. The highest BCUT2D eigenvalue weighted by Gasteiger charge is 2.14. The van der Waals surface area contributed by atoms with Gasteiger partial charge in [-0.25, -0.2) is 9.97 Å². The van der Waals surface area contributed by atoms with Crippen molar-refractivity contribution < 1.29 is 4.79 Å². The van der Waals surface area contributed by atoms with E-state index in [-0.39, 0.29) is 11.9 Å². The van der Waals surface area contributed by atoms with E-state index in [0.717, 1.165) is 5.69 Å². The van der Waals surface area contributed by atoms with E-state index in [4.69, 9.17) is 5.73 Å². The van der Waals surface area contributed by atoms with E-state index in [2.05, 4.69) is 15.3 Å². The van der Waals surface area contributed by atoms with Gasteiger partial charge in [0.2, 0.25) is 0 Å². The van der Waals surface area contributed by atoms with E-state index in [9.17, 15) is 4.79 Å². The topological polar surface area (TPSA) is 85.8 Å². The molecule has 1 amide bonds. The Kier molecular flexibility index (Phi) is 3.79. The number of carbonyl (C=O) groups excluding carboxylic acids is 1. The monoisotopic (exact) mass is 259 g/mol. The van der Waals surface area contributed by atoms with Crippen molar-refractivity contribution in [3.63, 3.8) is 0 Å². The summed E-state index contributed by atoms with van der Waals surface area (Å²) in [5.41, 5.74) is 7.64. The minimum Gasteiger partial charge on any atom is -0.397 e. The lowest BCUT2D eigenvalue weighted by Crippen LogP contribution is -2.26. The summed E-state index contributed by atoms with van der Waals surface area (Å²) in [6, 6.07) is 3.61. The maximum Gasteiger partial charge on any atom is 0.268 e. The zero-order valence-corrected chi connectivity index (χ0v) is 11.0. The predicted molar refractivity (Wildman–Crippen MR) is 72.4 cm³/mol. The van der Waals surface area contributed by atoms with Crippen LogP contribution in [0.15, 0.2) is 30.9 Å². The Labute approximate surface area is 111 Å². The molecular weight excluding hydrogens is 242 g/mol. The Hall–Kier alpha value is -2.37. The van der Waals surface area contributed by atoms with Crippen molar-refractivity contribution in [1.82, 2.24) is 19.9 Å². The summed E-state index contributed by atoms with van der Waals surface area (Å²) in [7, 11) is 0. The van der Waals surface area contributed by atoms with Gasteiger partial charge < -0.3 is 15.6 Å². The molecule has 2 aromatic heterocycles. The fraction of sp³-hybridized carbons (Fsp3) is 0.308. The fourth-order valence-corrected chi connectivity index (χ4v) is 1.79. The summed E-state index contributed by atoms with van der Waals surface area (Å²) in [6.45, 7) is 4.37. The molecule has 0 spiro atoms. The Morgan fingerprint density at radius 1 is 1.53 bits per heavy atom. The van der Waals surface area contributed by atoms with Crippen molar-refractivity contribution in [2.75, 3.05) is 5.73 Å². The number of anilines is 1. The molecule has 0 aliphatic rings. The van der Waals surface area contributed by atoms with Crippen LogP contribution in [0.25, 0.3) is 0 Å². The molecule has 2 aromatic rings. The molecule has 0 saturated carbocycles. The quantitative estimate of drug-likeness (QED) is 0.868. The van der Waals surface area contributed by atoms with Gasteiger partial charge in [-0.3, -0.25) is 4.79 Å². The lowest BCUT2D eigenvalue weighted by molar-refractivity contribution is 0.0939. The van der Waals surface area contributed by atoms with E-state index in [1.54, 1.807) is 24.5 Å². The molecule has 0 bridgehead atoms. The number of nitrogens with zero attached hydrogens (tertiary/aromatic N) is 3. The van der Waals surface area contributed by atoms with Gasteiger partial charge in [-0.2, -0.15) is 0 Å². The summed E-state index contributed by atoms with van der Waals surface area (Å²) in [5, 5.41) is 2.82. The van der Waals surface area contributed by atoms with Crippen molar-refractivity contribution in [3.8, 4) is 0 Å². The van der Waals surface area contributed by atoms with Crippen molar-refractivity contribution in [2.45, 2.75) is 26.4 Å². The summed E-state index contributed by atoms with van der Waals surface area (Å²) < 4.78 is 1.85. The minimum absolute atomic E-state index is 0.163. The minimum atomic E-state index is -0.163. The molecule has 3 N–H and O–H groups in total. The molecule has 0 fully saturated rings. The normalized spacial score (nSPS) is 10.7. The van der Waals surface area contributed by atoms with Gasteiger partial charge in [0.15, 0.2) is 0 Å². The van der Waals surface area contributed by atoms with Crippen LogP contribution >= 0.6 is 0 Å². The van der Waals surface area contributed by atoms with Gasteiger partial charge in [0, 0.05) is 18.4 Å². The number of hydrogen-bond acceptors (Lipinski definition) is 4. The molecule has 100 valence electrons. The van der Waals surface area contributed by atoms with E-state index in [0.29, 0.717) is 17.9 Å². The van der Waals surface area contributed by atoms with Gasteiger partial charge in [-0.05, 0) is 26.0 Å². The molecule has 0 atom stereocenters. The summed E-state index contributed by atoms with van der Waals surface area (Å²) in [5.74, 6) is -0.163. The van der Waals surface area contributed by atoms with Crippen LogP contribution in [0.3, 0.4) is 0 Å². The summed E-state index contributed by atoms with van der Waals surface area (Å²) in [6.07, 6.45) is 4.86. The molecule has 0 radical (unpaired) electrons. The zero-order valence-electron chi connectivity index (χ0n) is 11.0. The molecule has 19 heavy (non-hydrogen) atoms. The Balaban J connectivity index is 2.08. The van der Waals surface area contributed by atoms with Crippen LogP contribution in [0.4, 0.5) is 5.69 Å². The van der Waals surface area contributed by atoms with Crippen molar-refractivity contribution in [2.24, 2.45) is 0 Å². The summed E-state index contributed by atoms with van der Waals surface area (Å²) in [4.78, 5) is 20.0. The third-order valence-electron chi connectivity index (χ3n) is 2.73. The number of aromatic nitrogens is 3. The van der Waals surface area contributed by atoms with Gasteiger partial charge in [-0.1, -0.05) is 0 Å². The van der Waals surface area contributed by atoms with Gasteiger partial charge in [0.25, 0.3) is 5.91 Å². The highest BCUT2D eigenvalue weighted by atomic mass is 16.1. The average molecular weight is 259 g/mol. The Bertz CT molecular complexity index is 562. The second-order valence-corrected chi connectivity index (χ2v) is 4.54. The van der Waals surface area contributed by atoms with Gasteiger partial charge in [-0.15, -0.1) is 0 Å². The molecule has 0 aliphatic carbocycles. The fourth-order valence-electron chi connectivity index (χ4n) is 1.79. The van der Waals surface area contributed by atoms with Gasteiger partial charge in [0.1, 0.15) is 12.0 Å². The molecule has 2 heterocycles. The molecule has 6 nitrogen and oxygen atoms in total. The Morgan fingerprint density at radius 3 is 2.95 bits per heavy atom. The van der Waals surface area contributed by atoms with Crippen LogP contribution in [-0.2, 0) is 6.54 Å². The summed E-state index contributed by atoms with van der Waals surface area (Å²) >= 11 is 0.